The second-order valence-corrected chi connectivity index (χ2v) is 3.52. The molecule has 0 radical (unpaired) electrons. The van der Waals surface area contributed by atoms with E-state index in [9.17, 15) is 0 Å². The Morgan fingerprint density at radius 2 is 0.923 bits per heavy atom. The maximum Gasteiger partial charge on any atom is -0.0169 e. The van der Waals surface area contributed by atoms with Crippen LogP contribution in [0.5, 0.6) is 0 Å². The normalized spacial score (nSPS) is 27.7. The second-order valence-electron chi connectivity index (χ2n) is 3.52. The van der Waals surface area contributed by atoms with Crippen molar-refractivity contribution in [2.45, 2.75) is 44.9 Å². The van der Waals surface area contributed by atoms with Gasteiger partial charge in [-0.25, -0.2) is 0 Å². The van der Waals surface area contributed by atoms with Gasteiger partial charge in [-0.05, 0) is 38.5 Å². The van der Waals surface area contributed by atoms with Crippen molar-refractivity contribution >= 4 is 0 Å². The lowest BCUT2D eigenvalue weighted by Crippen LogP contribution is -1.74. The van der Waals surface area contributed by atoms with E-state index in [2.05, 4.69) is 36.5 Å². The van der Waals surface area contributed by atoms with Crippen molar-refractivity contribution < 1.29 is 0 Å². The van der Waals surface area contributed by atoms with Gasteiger partial charge in [0.1, 0.15) is 0 Å². The molecule has 0 aromatic heterocycles. The molecule has 1 rings (SSSR count). The van der Waals surface area contributed by atoms with E-state index in [1.807, 2.05) is 0 Å². The lowest BCUT2D eigenvalue weighted by Gasteiger charge is -1.94. The molecule has 72 valence electrons. The fraction of sp³-hybridized carbons (Fsp3) is 0.538. The summed E-state index contributed by atoms with van der Waals surface area (Å²) in [5.74, 6) is 0. The van der Waals surface area contributed by atoms with Crippen molar-refractivity contribution in [3.8, 4) is 0 Å². The molecule has 0 saturated carbocycles. The average Bonchev–Trinajstić information content (AvgIpc) is 2.18. The van der Waals surface area contributed by atoms with Gasteiger partial charge in [-0.2, -0.15) is 0 Å². The largest absolute Gasteiger partial charge is 0.0882 e. The van der Waals surface area contributed by atoms with Gasteiger partial charge in [0.25, 0.3) is 0 Å². The Morgan fingerprint density at radius 1 is 0.462 bits per heavy atom. The highest BCUT2D eigenvalue weighted by atomic mass is 13.9. The predicted molar refractivity (Wildman–Crippen MR) is 59.7 cm³/mol. The van der Waals surface area contributed by atoms with E-state index >= 15 is 0 Å². The van der Waals surface area contributed by atoms with E-state index in [1.54, 1.807) is 0 Å². The molecule has 0 aromatic carbocycles. The fourth-order valence-electron chi connectivity index (χ4n) is 1.48. The molecule has 0 heterocycles. The zero-order chi connectivity index (χ0) is 9.19. The summed E-state index contributed by atoms with van der Waals surface area (Å²) in [4.78, 5) is 0. The molecule has 0 spiro atoms. The Morgan fingerprint density at radius 3 is 1.46 bits per heavy atom. The SMILES string of the molecule is C1=C\C/C=C\CCCCC/C=C\C/1. The van der Waals surface area contributed by atoms with Gasteiger partial charge in [-0.1, -0.05) is 42.9 Å². The minimum atomic E-state index is 1.10. The summed E-state index contributed by atoms with van der Waals surface area (Å²) in [7, 11) is 0. The number of hydrogen-bond donors (Lipinski definition) is 0. The summed E-state index contributed by atoms with van der Waals surface area (Å²) in [6.45, 7) is 0. The molecule has 13 heavy (non-hydrogen) atoms. The van der Waals surface area contributed by atoms with Crippen molar-refractivity contribution in [3.05, 3.63) is 36.5 Å². The molecule has 1 aliphatic carbocycles. The smallest absolute Gasteiger partial charge is 0.0169 e. The topological polar surface area (TPSA) is 0 Å². The van der Waals surface area contributed by atoms with Crippen LogP contribution >= 0.6 is 0 Å². The van der Waals surface area contributed by atoms with Gasteiger partial charge in [0.05, 0.1) is 0 Å². The van der Waals surface area contributed by atoms with E-state index in [-0.39, 0.29) is 0 Å². The Balaban J connectivity index is 2.28. The molecule has 0 amide bonds. The van der Waals surface area contributed by atoms with E-state index in [4.69, 9.17) is 0 Å². The maximum absolute atomic E-state index is 2.32. The van der Waals surface area contributed by atoms with Gasteiger partial charge in [-0.3, -0.25) is 0 Å². The predicted octanol–water partition coefficient (Wildman–Crippen LogP) is 4.40. The van der Waals surface area contributed by atoms with Crippen molar-refractivity contribution in [2.24, 2.45) is 0 Å². The van der Waals surface area contributed by atoms with E-state index in [1.165, 1.54) is 32.1 Å². The lowest BCUT2D eigenvalue weighted by atomic mass is 10.1. The molecule has 0 saturated heterocycles. The molecule has 0 fully saturated rings. The number of hydrogen-bond acceptors (Lipinski definition) is 0. The highest BCUT2D eigenvalue weighted by Gasteiger charge is 1.86. The van der Waals surface area contributed by atoms with E-state index < -0.39 is 0 Å². The van der Waals surface area contributed by atoms with Gasteiger partial charge in [0, 0.05) is 0 Å². The summed E-state index contributed by atoms with van der Waals surface area (Å²) in [6, 6.07) is 0. The van der Waals surface area contributed by atoms with Gasteiger partial charge in [-0.15, -0.1) is 0 Å². The maximum atomic E-state index is 2.32. The van der Waals surface area contributed by atoms with Gasteiger partial charge in [0.15, 0.2) is 0 Å². The molecule has 0 N–H and O–H groups in total. The lowest BCUT2D eigenvalue weighted by molar-refractivity contribution is 0.695. The van der Waals surface area contributed by atoms with Crippen molar-refractivity contribution in [2.75, 3.05) is 0 Å². The van der Waals surface area contributed by atoms with Crippen LogP contribution in [0.25, 0.3) is 0 Å². The Kier molecular flexibility index (Phi) is 6.22. The van der Waals surface area contributed by atoms with Crippen LogP contribution in [-0.2, 0) is 0 Å². The highest BCUT2D eigenvalue weighted by molar-refractivity contribution is 4.97. The van der Waals surface area contributed by atoms with Crippen LogP contribution in [0.1, 0.15) is 44.9 Å². The molecule has 0 aliphatic heterocycles. The van der Waals surface area contributed by atoms with Gasteiger partial charge < -0.3 is 0 Å². The minimum Gasteiger partial charge on any atom is -0.0882 e. The van der Waals surface area contributed by atoms with Crippen LogP contribution in [0, 0.1) is 0 Å². The first-order chi connectivity index (χ1) is 6.50. The Labute approximate surface area is 82.0 Å². The van der Waals surface area contributed by atoms with Crippen molar-refractivity contribution in [3.63, 3.8) is 0 Å². The van der Waals surface area contributed by atoms with Gasteiger partial charge >= 0.3 is 0 Å². The summed E-state index contributed by atoms with van der Waals surface area (Å²) in [6.07, 6.45) is 22.5. The first kappa shape index (κ1) is 10.3. The molecule has 0 nitrogen and oxygen atoms in total. The van der Waals surface area contributed by atoms with Crippen LogP contribution in [0.2, 0.25) is 0 Å². The number of allylic oxidation sites excluding steroid dienone is 6. The molecule has 0 aromatic rings. The molecular formula is C13H20. The Bertz CT molecular complexity index is 164. The van der Waals surface area contributed by atoms with Crippen molar-refractivity contribution in [1.29, 1.82) is 0 Å². The van der Waals surface area contributed by atoms with Crippen LogP contribution in [-0.4, -0.2) is 0 Å². The summed E-state index contributed by atoms with van der Waals surface area (Å²) >= 11 is 0. The first-order valence-electron chi connectivity index (χ1n) is 5.45. The zero-order valence-electron chi connectivity index (χ0n) is 8.41. The number of rotatable bonds is 0. The molecule has 0 unspecified atom stereocenters. The summed E-state index contributed by atoms with van der Waals surface area (Å²) < 4.78 is 0. The summed E-state index contributed by atoms with van der Waals surface area (Å²) in [5.41, 5.74) is 0. The third kappa shape index (κ3) is 6.39. The molecular weight excluding hydrogens is 156 g/mol. The van der Waals surface area contributed by atoms with Crippen LogP contribution < -0.4 is 0 Å². The fourth-order valence-corrected chi connectivity index (χ4v) is 1.48. The standard InChI is InChI=1S/C13H20/c1-2-4-6-8-10-12-13-11-9-7-5-3-1/h1-2,5-8H,3-4,9-13H2/b2-1-,7-5-,8-6-. The average molecular weight is 176 g/mol. The second kappa shape index (κ2) is 7.85. The first-order valence-corrected chi connectivity index (χ1v) is 5.45. The zero-order valence-corrected chi connectivity index (χ0v) is 8.41. The molecule has 0 heteroatoms. The monoisotopic (exact) mass is 176 g/mol. The molecule has 0 bridgehead atoms. The Hall–Kier alpha value is -0.780. The quantitative estimate of drug-likeness (QED) is 0.480. The van der Waals surface area contributed by atoms with Crippen LogP contribution in [0.3, 0.4) is 0 Å². The summed E-state index contributed by atoms with van der Waals surface area (Å²) in [5, 5.41) is 0. The van der Waals surface area contributed by atoms with E-state index in [0.717, 1.165) is 12.8 Å². The highest BCUT2D eigenvalue weighted by Crippen LogP contribution is 2.06. The molecule has 0 atom stereocenters. The minimum absolute atomic E-state index is 1.10. The van der Waals surface area contributed by atoms with Crippen LogP contribution in [0.15, 0.2) is 36.5 Å². The van der Waals surface area contributed by atoms with Crippen LogP contribution in [0.4, 0.5) is 0 Å². The third-order valence-corrected chi connectivity index (χ3v) is 2.29. The molecule has 1 aliphatic rings. The third-order valence-electron chi connectivity index (χ3n) is 2.29. The van der Waals surface area contributed by atoms with Gasteiger partial charge in [0.2, 0.25) is 0 Å². The van der Waals surface area contributed by atoms with Crippen molar-refractivity contribution in [1.82, 2.24) is 0 Å². The van der Waals surface area contributed by atoms with E-state index in [0.29, 0.717) is 0 Å².